The highest BCUT2D eigenvalue weighted by Crippen LogP contribution is 2.51. The van der Waals surface area contributed by atoms with E-state index >= 15 is 0 Å². The van der Waals surface area contributed by atoms with Crippen LogP contribution in [0.2, 0.25) is 0 Å². The topological polar surface area (TPSA) is 8.17 Å². The zero-order valence-corrected chi connectivity index (χ0v) is 32.6. The minimum absolute atomic E-state index is 0.0242. The molecule has 5 heterocycles. The maximum Gasteiger partial charge on any atom is 0.333 e. The highest BCUT2D eigenvalue weighted by atomic mass is 32.1. The van der Waals surface area contributed by atoms with E-state index in [2.05, 4.69) is 197 Å². The van der Waals surface area contributed by atoms with E-state index in [-0.39, 0.29) is 6.85 Å². The number of hydrogen-bond acceptors (Lipinski definition) is 2. The van der Waals surface area contributed by atoms with Gasteiger partial charge in [0.15, 0.2) is 8.07 Å². The van der Waals surface area contributed by atoms with Crippen LogP contribution in [0.4, 0.5) is 17.1 Å². The SMILES string of the molecule is c1ccc([Si]2(c3ccccc3)c3ccccc3N3c4c(cccc42)B2c4c(cc5sc6ccccc6c5c43)-c3cccc4c5cc6ccccc6cc5n2c34)cc1. The average Bonchev–Trinajstić information content (AvgIpc) is 3.81. The molecule has 57 heavy (non-hydrogen) atoms. The second-order valence-corrected chi connectivity index (χ2v) is 20.7. The first-order chi connectivity index (χ1) is 28.3. The molecule has 11 aromatic rings. The lowest BCUT2D eigenvalue weighted by molar-refractivity contribution is 1.27. The molecule has 0 saturated carbocycles. The van der Waals surface area contributed by atoms with Gasteiger partial charge in [0.05, 0.1) is 5.69 Å². The third kappa shape index (κ3) is 3.64. The number of fused-ring (bicyclic) bond motifs is 14. The van der Waals surface area contributed by atoms with Crippen molar-refractivity contribution >= 4 is 128 Å². The lowest BCUT2D eigenvalue weighted by atomic mass is 9.45. The number of hydrogen-bond donors (Lipinski definition) is 0. The van der Waals surface area contributed by atoms with Gasteiger partial charge >= 0.3 is 6.85 Å². The smallest absolute Gasteiger partial charge is 0.333 e. The number of benzene rings is 9. The summed E-state index contributed by atoms with van der Waals surface area (Å²) in [4.78, 5) is 2.72. The van der Waals surface area contributed by atoms with Gasteiger partial charge in [-0.25, -0.2) is 0 Å². The summed E-state index contributed by atoms with van der Waals surface area (Å²) in [5, 5.41) is 13.6. The van der Waals surface area contributed by atoms with Gasteiger partial charge in [0.25, 0.3) is 0 Å². The van der Waals surface area contributed by atoms with Gasteiger partial charge in [-0.2, -0.15) is 0 Å². The Morgan fingerprint density at radius 2 is 1.14 bits per heavy atom. The molecule has 0 amide bonds. The van der Waals surface area contributed by atoms with Gasteiger partial charge in [-0.05, 0) is 78.3 Å². The molecule has 3 aliphatic rings. The van der Waals surface area contributed by atoms with Gasteiger partial charge in [0.2, 0.25) is 0 Å². The fourth-order valence-corrected chi connectivity index (χ4v) is 17.6. The molecule has 3 aliphatic heterocycles. The third-order valence-electron chi connectivity index (χ3n) is 13.4. The predicted molar refractivity (Wildman–Crippen MR) is 248 cm³/mol. The molecule has 0 atom stereocenters. The van der Waals surface area contributed by atoms with Crippen LogP contribution < -0.4 is 36.6 Å². The zero-order valence-electron chi connectivity index (χ0n) is 30.8. The van der Waals surface area contributed by atoms with E-state index in [1.807, 2.05) is 11.3 Å². The molecule has 14 rings (SSSR count). The van der Waals surface area contributed by atoms with Crippen LogP contribution in [0.15, 0.2) is 188 Å². The van der Waals surface area contributed by atoms with Crippen LogP contribution >= 0.6 is 11.3 Å². The van der Waals surface area contributed by atoms with Gasteiger partial charge in [-0.15, -0.1) is 11.3 Å². The number of nitrogens with zero attached hydrogens (tertiary/aromatic N) is 2. The van der Waals surface area contributed by atoms with Crippen molar-refractivity contribution in [3.63, 3.8) is 0 Å². The molecule has 0 bridgehead atoms. The van der Waals surface area contributed by atoms with Crippen LogP contribution in [-0.2, 0) is 0 Å². The van der Waals surface area contributed by atoms with Crippen molar-refractivity contribution in [3.05, 3.63) is 188 Å². The van der Waals surface area contributed by atoms with Crippen LogP contribution in [0.25, 0.3) is 63.9 Å². The summed E-state index contributed by atoms with van der Waals surface area (Å²) in [5.41, 5.74) is 12.1. The van der Waals surface area contributed by atoms with Crippen LogP contribution in [0.1, 0.15) is 0 Å². The van der Waals surface area contributed by atoms with E-state index in [4.69, 9.17) is 0 Å². The van der Waals surface area contributed by atoms with Gasteiger partial charge in [-0.3, -0.25) is 0 Å². The van der Waals surface area contributed by atoms with Crippen molar-refractivity contribution in [2.24, 2.45) is 0 Å². The largest absolute Gasteiger partial charge is 0.375 e. The second-order valence-electron chi connectivity index (χ2n) is 15.9. The Hall–Kier alpha value is -6.66. The molecular formula is C52H31BN2SSi. The van der Waals surface area contributed by atoms with Crippen molar-refractivity contribution in [2.75, 3.05) is 4.90 Å². The van der Waals surface area contributed by atoms with Crippen LogP contribution in [0.3, 0.4) is 0 Å². The third-order valence-corrected chi connectivity index (χ3v) is 19.3. The number of anilines is 3. The van der Waals surface area contributed by atoms with Gasteiger partial charge in [-0.1, -0.05) is 158 Å². The van der Waals surface area contributed by atoms with Crippen molar-refractivity contribution < 1.29 is 0 Å². The Morgan fingerprint density at radius 3 is 1.96 bits per heavy atom. The molecule has 0 radical (unpaired) electrons. The van der Waals surface area contributed by atoms with Crippen LogP contribution in [0.5, 0.6) is 0 Å². The van der Waals surface area contributed by atoms with Crippen molar-refractivity contribution in [3.8, 4) is 11.1 Å². The monoisotopic (exact) mass is 754 g/mol. The number of para-hydroxylation sites is 3. The van der Waals surface area contributed by atoms with E-state index in [1.165, 1.54) is 113 Å². The molecule has 262 valence electrons. The first-order valence-electron chi connectivity index (χ1n) is 19.9. The summed E-state index contributed by atoms with van der Waals surface area (Å²) in [7, 11) is -2.85. The highest BCUT2D eigenvalue weighted by molar-refractivity contribution is 7.26. The molecule has 5 heteroatoms. The van der Waals surface area contributed by atoms with Crippen molar-refractivity contribution in [2.45, 2.75) is 0 Å². The molecule has 0 aliphatic carbocycles. The Kier molecular flexibility index (Phi) is 5.79. The van der Waals surface area contributed by atoms with Gasteiger partial charge in [0.1, 0.15) is 0 Å². The van der Waals surface area contributed by atoms with Crippen molar-refractivity contribution in [1.82, 2.24) is 4.48 Å². The molecule has 2 aromatic heterocycles. The average molecular weight is 755 g/mol. The van der Waals surface area contributed by atoms with Crippen LogP contribution in [0, 0.1) is 0 Å². The summed E-state index contributed by atoms with van der Waals surface area (Å²) >= 11 is 1.93. The summed E-state index contributed by atoms with van der Waals surface area (Å²) in [6, 6.07) is 72.0. The molecule has 0 unspecified atom stereocenters. The predicted octanol–water partition coefficient (Wildman–Crippen LogP) is 9.42. The fourth-order valence-electron chi connectivity index (χ4n) is 11.3. The standard InChI is InChI=1S/C52H31BN2SSi/c1-3-17-34(18-4-1)57(35-19-5-2-6-20-35)46-27-12-10-25-42(46)54-51-41(24-14-28-47(51)57)53-49-40(31-45-48(52(49)54)38-21-9-11-26-44(38)56-45)37-23-13-22-36-39-29-32-15-7-8-16-33(32)30-43(39)55(53)50(36)37/h1-31H. The summed E-state index contributed by atoms with van der Waals surface area (Å²) < 4.78 is 5.41. The first kappa shape index (κ1) is 30.5. The fraction of sp³-hybridized carbons (Fsp3) is 0. The molecule has 0 fully saturated rings. The minimum atomic E-state index is -2.85. The van der Waals surface area contributed by atoms with E-state index in [0.29, 0.717) is 0 Å². The first-order valence-corrected chi connectivity index (χ1v) is 22.7. The maximum atomic E-state index is 2.74. The Morgan fingerprint density at radius 1 is 0.474 bits per heavy atom. The summed E-state index contributed by atoms with van der Waals surface area (Å²) in [5.74, 6) is 0. The Bertz CT molecular complexity index is 3510. The maximum absolute atomic E-state index is 2.85. The number of aromatic nitrogens is 1. The zero-order chi connectivity index (χ0) is 37.0. The quantitative estimate of drug-likeness (QED) is 0.160. The van der Waals surface area contributed by atoms with E-state index in [0.717, 1.165) is 0 Å². The Labute approximate surface area is 334 Å². The number of rotatable bonds is 2. The normalized spacial score (nSPS) is 14.4. The van der Waals surface area contributed by atoms with Gasteiger partial charge < -0.3 is 9.38 Å². The molecule has 0 N–H and O–H groups in total. The lowest BCUT2D eigenvalue weighted by Gasteiger charge is -2.50. The molecule has 0 spiro atoms. The molecule has 9 aromatic carbocycles. The minimum Gasteiger partial charge on any atom is -0.375 e. The number of thiophene rings is 1. The van der Waals surface area contributed by atoms with Gasteiger partial charge in [0, 0.05) is 58.9 Å². The summed E-state index contributed by atoms with van der Waals surface area (Å²) in [6.07, 6.45) is 0. The van der Waals surface area contributed by atoms with E-state index < -0.39 is 8.07 Å². The molecule has 0 saturated heterocycles. The second kappa shape index (κ2) is 10.8. The molecular weight excluding hydrogens is 724 g/mol. The van der Waals surface area contributed by atoms with Crippen LogP contribution in [-0.4, -0.2) is 19.4 Å². The van der Waals surface area contributed by atoms with E-state index in [1.54, 1.807) is 0 Å². The summed E-state index contributed by atoms with van der Waals surface area (Å²) in [6.45, 7) is -0.0242. The van der Waals surface area contributed by atoms with E-state index in [9.17, 15) is 0 Å². The highest BCUT2D eigenvalue weighted by Gasteiger charge is 2.53. The molecule has 2 nitrogen and oxygen atoms in total. The lowest BCUT2D eigenvalue weighted by Crippen LogP contribution is -2.78. The Balaban J connectivity index is 1.23. The van der Waals surface area contributed by atoms with Crippen molar-refractivity contribution in [1.29, 1.82) is 0 Å².